The first-order valence-electron chi connectivity index (χ1n) is 9.35. The molecule has 0 bridgehead atoms. The Morgan fingerprint density at radius 3 is 2.96 bits per heavy atom. The molecule has 0 radical (unpaired) electrons. The number of nitrogens with zero attached hydrogens (tertiary/aromatic N) is 5. The van der Waals surface area contributed by atoms with Gasteiger partial charge in [0.2, 0.25) is 5.95 Å². The molecule has 1 unspecified atom stereocenters. The number of anilines is 1. The van der Waals surface area contributed by atoms with Crippen LogP contribution in [0, 0.1) is 5.92 Å². The van der Waals surface area contributed by atoms with Crippen molar-refractivity contribution in [3.05, 3.63) is 36.4 Å². The Balaban J connectivity index is 1.56. The number of pyridine rings is 1. The van der Waals surface area contributed by atoms with Gasteiger partial charge in [-0.15, -0.1) is 10.2 Å². The lowest BCUT2D eigenvalue weighted by Crippen LogP contribution is -2.28. The fraction of sp³-hybridized carbons (Fsp3) is 0.474. The fourth-order valence-corrected chi connectivity index (χ4v) is 3.23. The number of hydrogen-bond donors (Lipinski definition) is 2. The molecule has 0 spiro atoms. The zero-order valence-corrected chi connectivity index (χ0v) is 15.4. The molecular weight excluding hydrogens is 344 g/mol. The Kier molecular flexibility index (Phi) is 5.26. The van der Waals surface area contributed by atoms with Crippen LogP contribution in [0.5, 0.6) is 0 Å². The van der Waals surface area contributed by atoms with Crippen molar-refractivity contribution in [3.63, 3.8) is 0 Å². The Labute approximate surface area is 157 Å². The minimum Gasteiger partial charge on any atom is -0.396 e. The molecule has 1 aliphatic heterocycles. The Morgan fingerprint density at radius 1 is 1.30 bits per heavy atom. The van der Waals surface area contributed by atoms with E-state index in [0.29, 0.717) is 18.4 Å². The summed E-state index contributed by atoms with van der Waals surface area (Å²) in [6, 6.07) is 6.22. The van der Waals surface area contributed by atoms with E-state index in [1.807, 2.05) is 35.7 Å². The lowest BCUT2D eigenvalue weighted by atomic mass is 10.1. The SMILES string of the molecule is CC(CO)Cc1nnc2cc(-c3ccnc(NC4CCOCC4)n3)ccn12. The van der Waals surface area contributed by atoms with Crippen LogP contribution in [-0.2, 0) is 11.2 Å². The van der Waals surface area contributed by atoms with Gasteiger partial charge in [-0.3, -0.25) is 4.40 Å². The van der Waals surface area contributed by atoms with Crippen LogP contribution in [0.1, 0.15) is 25.6 Å². The second-order valence-electron chi connectivity index (χ2n) is 7.05. The van der Waals surface area contributed by atoms with Gasteiger partial charge in [0.25, 0.3) is 0 Å². The van der Waals surface area contributed by atoms with Crippen molar-refractivity contribution in [2.24, 2.45) is 5.92 Å². The van der Waals surface area contributed by atoms with Crippen LogP contribution in [0.2, 0.25) is 0 Å². The highest BCUT2D eigenvalue weighted by atomic mass is 16.5. The highest BCUT2D eigenvalue weighted by Crippen LogP contribution is 2.21. The van der Waals surface area contributed by atoms with E-state index in [2.05, 4.69) is 25.5 Å². The maximum atomic E-state index is 9.26. The summed E-state index contributed by atoms with van der Waals surface area (Å²) in [5, 5.41) is 21.2. The van der Waals surface area contributed by atoms with Crippen molar-refractivity contribution in [2.45, 2.75) is 32.2 Å². The predicted molar refractivity (Wildman–Crippen MR) is 101 cm³/mol. The van der Waals surface area contributed by atoms with Crippen molar-refractivity contribution in [3.8, 4) is 11.3 Å². The summed E-state index contributed by atoms with van der Waals surface area (Å²) >= 11 is 0. The molecule has 1 aliphatic rings. The largest absolute Gasteiger partial charge is 0.396 e. The first-order valence-corrected chi connectivity index (χ1v) is 9.35. The van der Waals surface area contributed by atoms with E-state index in [1.165, 1.54) is 0 Å². The summed E-state index contributed by atoms with van der Waals surface area (Å²) < 4.78 is 7.35. The number of fused-ring (bicyclic) bond motifs is 1. The lowest BCUT2D eigenvalue weighted by molar-refractivity contribution is 0.0903. The van der Waals surface area contributed by atoms with Gasteiger partial charge in [0, 0.05) is 50.2 Å². The maximum absolute atomic E-state index is 9.26. The van der Waals surface area contributed by atoms with Crippen molar-refractivity contribution >= 4 is 11.6 Å². The number of nitrogens with one attached hydrogen (secondary N) is 1. The minimum absolute atomic E-state index is 0.136. The van der Waals surface area contributed by atoms with Crippen LogP contribution in [0.3, 0.4) is 0 Å². The first-order chi connectivity index (χ1) is 13.2. The molecule has 0 aromatic carbocycles. The van der Waals surface area contributed by atoms with Gasteiger partial charge in [-0.05, 0) is 37.0 Å². The van der Waals surface area contributed by atoms with Gasteiger partial charge >= 0.3 is 0 Å². The van der Waals surface area contributed by atoms with Gasteiger partial charge < -0.3 is 15.2 Å². The van der Waals surface area contributed by atoms with Crippen molar-refractivity contribution in [2.75, 3.05) is 25.1 Å². The number of ether oxygens (including phenoxy) is 1. The van der Waals surface area contributed by atoms with Gasteiger partial charge in [0.15, 0.2) is 5.65 Å². The first kappa shape index (κ1) is 17.8. The van der Waals surface area contributed by atoms with E-state index in [4.69, 9.17) is 4.74 Å². The Bertz CT molecular complexity index is 906. The van der Waals surface area contributed by atoms with E-state index in [-0.39, 0.29) is 12.5 Å². The summed E-state index contributed by atoms with van der Waals surface area (Å²) in [7, 11) is 0. The third-order valence-electron chi connectivity index (χ3n) is 4.83. The van der Waals surface area contributed by atoms with E-state index in [9.17, 15) is 5.11 Å². The monoisotopic (exact) mass is 368 g/mol. The molecular formula is C19H24N6O2. The standard InChI is InChI=1S/C19H24N6O2/c1-13(12-26)10-17-23-24-18-11-14(3-7-25(17)18)16-2-6-20-19(22-16)21-15-4-8-27-9-5-15/h2-3,6-7,11,13,15,26H,4-5,8-10,12H2,1H3,(H,20,21,22). The number of aliphatic hydroxyl groups excluding tert-OH is 1. The molecule has 3 aromatic rings. The second kappa shape index (κ2) is 7.98. The van der Waals surface area contributed by atoms with Crippen LogP contribution in [0.15, 0.2) is 30.6 Å². The van der Waals surface area contributed by atoms with Gasteiger partial charge in [0.1, 0.15) is 5.82 Å². The molecule has 4 rings (SSSR count). The van der Waals surface area contributed by atoms with E-state index >= 15 is 0 Å². The molecule has 2 N–H and O–H groups in total. The Morgan fingerprint density at radius 2 is 2.15 bits per heavy atom. The molecule has 1 fully saturated rings. The summed E-state index contributed by atoms with van der Waals surface area (Å²) in [6.45, 7) is 3.68. The molecule has 0 aliphatic carbocycles. The highest BCUT2D eigenvalue weighted by molar-refractivity contribution is 5.64. The van der Waals surface area contributed by atoms with Crippen molar-refractivity contribution < 1.29 is 9.84 Å². The second-order valence-corrected chi connectivity index (χ2v) is 7.05. The van der Waals surface area contributed by atoms with Crippen LogP contribution < -0.4 is 5.32 Å². The molecule has 1 saturated heterocycles. The number of hydrogen-bond acceptors (Lipinski definition) is 7. The molecule has 4 heterocycles. The van der Waals surface area contributed by atoms with Crippen molar-refractivity contribution in [1.82, 2.24) is 24.6 Å². The highest BCUT2D eigenvalue weighted by Gasteiger charge is 2.15. The van der Waals surface area contributed by atoms with Gasteiger partial charge in [-0.2, -0.15) is 0 Å². The maximum Gasteiger partial charge on any atom is 0.223 e. The molecule has 142 valence electrons. The molecule has 0 amide bonds. The Hall–Kier alpha value is -2.58. The van der Waals surface area contributed by atoms with E-state index in [1.54, 1.807) is 6.20 Å². The lowest BCUT2D eigenvalue weighted by Gasteiger charge is -2.23. The zero-order valence-electron chi connectivity index (χ0n) is 15.4. The van der Waals surface area contributed by atoms with Crippen LogP contribution >= 0.6 is 0 Å². The topological polar surface area (TPSA) is 97.5 Å². The van der Waals surface area contributed by atoms with E-state index < -0.39 is 0 Å². The average Bonchev–Trinajstić information content (AvgIpc) is 3.11. The molecule has 1 atom stereocenters. The normalized spacial score (nSPS) is 16.5. The number of aliphatic hydroxyl groups is 1. The molecule has 8 nitrogen and oxygen atoms in total. The molecule has 8 heteroatoms. The van der Waals surface area contributed by atoms with Gasteiger partial charge in [-0.25, -0.2) is 9.97 Å². The molecule has 27 heavy (non-hydrogen) atoms. The molecule has 0 saturated carbocycles. The third kappa shape index (κ3) is 4.06. The van der Waals surface area contributed by atoms with Gasteiger partial charge in [0.05, 0.1) is 5.69 Å². The third-order valence-corrected chi connectivity index (χ3v) is 4.83. The van der Waals surface area contributed by atoms with Crippen LogP contribution in [0.4, 0.5) is 5.95 Å². The average molecular weight is 368 g/mol. The number of aromatic nitrogens is 5. The van der Waals surface area contributed by atoms with E-state index in [0.717, 1.165) is 48.8 Å². The minimum atomic E-state index is 0.136. The summed E-state index contributed by atoms with van der Waals surface area (Å²) in [5.74, 6) is 1.64. The summed E-state index contributed by atoms with van der Waals surface area (Å²) in [6.07, 6.45) is 6.34. The van der Waals surface area contributed by atoms with Crippen LogP contribution in [0.25, 0.3) is 16.9 Å². The van der Waals surface area contributed by atoms with Crippen molar-refractivity contribution in [1.29, 1.82) is 0 Å². The quantitative estimate of drug-likeness (QED) is 0.686. The van der Waals surface area contributed by atoms with Crippen LogP contribution in [-0.4, -0.2) is 55.5 Å². The fourth-order valence-electron chi connectivity index (χ4n) is 3.23. The summed E-state index contributed by atoms with van der Waals surface area (Å²) in [5.41, 5.74) is 2.58. The summed E-state index contributed by atoms with van der Waals surface area (Å²) in [4.78, 5) is 9.01. The number of rotatable bonds is 6. The predicted octanol–water partition coefficient (Wildman–Crippen LogP) is 1.95. The smallest absolute Gasteiger partial charge is 0.223 e. The van der Waals surface area contributed by atoms with Gasteiger partial charge in [-0.1, -0.05) is 6.92 Å². The zero-order chi connectivity index (χ0) is 18.6. The molecule has 3 aromatic heterocycles.